The zero-order chi connectivity index (χ0) is 39.8. The SMILES string of the molecule is CC(C)C1=C2[C@@](/C=C/C(=O)N[C@H](C)c3ccccc3Cl)(CC[C@H]3[C@]4(C)CC[C@H]5C(C)(C)[C@@H](OC(=O)CC(C)(C)C(=O)O)CC[C@]5(C)[C@H]4CC[C@]23C)CC1=O. The molecular formula is C46H64ClNO6. The number of benzene rings is 1. The van der Waals surface area contributed by atoms with Crippen LogP contribution in [0.5, 0.6) is 0 Å². The maximum atomic E-state index is 14.1. The lowest BCUT2D eigenvalue weighted by atomic mass is 9.34. The molecule has 0 unspecified atom stereocenters. The molecule has 4 fully saturated rings. The molecular weight excluding hydrogens is 698 g/mol. The number of ketones is 1. The average Bonchev–Trinajstić information content (AvgIpc) is 3.38. The lowest BCUT2D eigenvalue weighted by Gasteiger charge is -2.70. The van der Waals surface area contributed by atoms with E-state index in [9.17, 15) is 24.3 Å². The van der Waals surface area contributed by atoms with Crippen LogP contribution in [0.2, 0.25) is 5.02 Å². The first-order valence-electron chi connectivity index (χ1n) is 20.5. The molecule has 0 bridgehead atoms. The second-order valence-corrected chi connectivity index (χ2v) is 20.6. The minimum Gasteiger partial charge on any atom is -0.481 e. The Bertz CT molecular complexity index is 1770. The van der Waals surface area contributed by atoms with E-state index in [4.69, 9.17) is 16.3 Å². The maximum absolute atomic E-state index is 14.1. The van der Waals surface area contributed by atoms with Crippen molar-refractivity contribution in [3.05, 3.63) is 58.1 Å². The number of carbonyl (C=O) groups excluding carboxylic acids is 3. The summed E-state index contributed by atoms with van der Waals surface area (Å²) in [6, 6.07) is 7.32. The van der Waals surface area contributed by atoms with E-state index in [1.807, 2.05) is 31.2 Å². The number of ether oxygens (including phenoxy) is 1. The molecule has 8 heteroatoms. The van der Waals surface area contributed by atoms with Crippen LogP contribution in [0.3, 0.4) is 0 Å². The average molecular weight is 762 g/mol. The zero-order valence-electron chi connectivity index (χ0n) is 34.4. The lowest BCUT2D eigenvalue weighted by molar-refractivity contribution is -0.221. The van der Waals surface area contributed by atoms with Gasteiger partial charge in [-0.2, -0.15) is 0 Å². The quantitative estimate of drug-likeness (QED) is 0.192. The van der Waals surface area contributed by atoms with E-state index in [2.05, 4.69) is 59.9 Å². The van der Waals surface area contributed by atoms with Gasteiger partial charge in [0.1, 0.15) is 6.10 Å². The molecule has 1 aromatic rings. The molecule has 1 amide bonds. The Hall–Kier alpha value is -2.93. The number of fused-ring (bicyclic) bond motifs is 7. The Morgan fingerprint density at radius 3 is 2.19 bits per heavy atom. The largest absolute Gasteiger partial charge is 0.481 e. The molecule has 1 aromatic carbocycles. The van der Waals surface area contributed by atoms with Gasteiger partial charge in [0.05, 0.1) is 17.9 Å². The first kappa shape index (κ1) is 40.7. The molecule has 0 heterocycles. The number of amides is 1. The maximum Gasteiger partial charge on any atom is 0.309 e. The number of Topliss-reactive ketones (excluding diaryl/α,β-unsaturated/α-hetero) is 1. The summed E-state index contributed by atoms with van der Waals surface area (Å²) in [7, 11) is 0. The molecule has 4 saturated carbocycles. The van der Waals surface area contributed by atoms with Crippen molar-refractivity contribution in [2.45, 2.75) is 146 Å². The smallest absolute Gasteiger partial charge is 0.309 e. The van der Waals surface area contributed by atoms with Gasteiger partial charge in [-0.15, -0.1) is 0 Å². The van der Waals surface area contributed by atoms with Crippen LogP contribution >= 0.6 is 11.6 Å². The molecule has 0 aliphatic heterocycles. The second-order valence-electron chi connectivity index (χ2n) is 20.2. The number of allylic oxidation sites excluding steroid dienone is 3. The Morgan fingerprint density at radius 2 is 1.54 bits per heavy atom. The van der Waals surface area contributed by atoms with Crippen molar-refractivity contribution in [2.75, 3.05) is 0 Å². The molecule has 0 spiro atoms. The highest BCUT2D eigenvalue weighted by molar-refractivity contribution is 6.31. The number of carboxylic acids is 1. The molecule has 296 valence electrons. The summed E-state index contributed by atoms with van der Waals surface area (Å²) in [5.41, 5.74) is 1.26. The third kappa shape index (κ3) is 6.50. The minimum absolute atomic E-state index is 0.0622. The van der Waals surface area contributed by atoms with Crippen molar-refractivity contribution in [1.82, 2.24) is 5.32 Å². The molecule has 0 saturated heterocycles. The summed E-state index contributed by atoms with van der Waals surface area (Å²) < 4.78 is 6.16. The fourth-order valence-corrected chi connectivity index (χ4v) is 13.7. The fraction of sp³-hybridized carbons (Fsp3) is 0.696. The number of hydrogen-bond acceptors (Lipinski definition) is 5. The lowest BCUT2D eigenvalue weighted by Crippen LogP contribution is -2.64. The number of halogens is 1. The summed E-state index contributed by atoms with van der Waals surface area (Å²) in [5.74, 6) is 0.00235. The van der Waals surface area contributed by atoms with Gasteiger partial charge in [-0.1, -0.05) is 84.3 Å². The molecule has 2 N–H and O–H groups in total. The summed E-state index contributed by atoms with van der Waals surface area (Å²) in [6.45, 7) is 21.4. The molecule has 0 aromatic heterocycles. The van der Waals surface area contributed by atoms with Crippen LogP contribution < -0.4 is 5.32 Å². The predicted molar refractivity (Wildman–Crippen MR) is 212 cm³/mol. The van der Waals surface area contributed by atoms with Gasteiger partial charge in [-0.05, 0) is 141 Å². The summed E-state index contributed by atoms with van der Waals surface area (Å²) in [4.78, 5) is 52.4. The van der Waals surface area contributed by atoms with Crippen molar-refractivity contribution in [3.8, 4) is 0 Å². The van der Waals surface area contributed by atoms with Gasteiger partial charge < -0.3 is 15.2 Å². The van der Waals surface area contributed by atoms with Gasteiger partial charge in [0.2, 0.25) is 5.91 Å². The van der Waals surface area contributed by atoms with Crippen LogP contribution in [0.25, 0.3) is 0 Å². The monoisotopic (exact) mass is 761 g/mol. The summed E-state index contributed by atoms with van der Waals surface area (Å²) in [6.07, 6.45) is 11.6. The first-order valence-corrected chi connectivity index (χ1v) is 20.9. The molecule has 6 rings (SSSR count). The number of aliphatic carboxylic acids is 1. The van der Waals surface area contributed by atoms with Gasteiger partial charge >= 0.3 is 11.9 Å². The van der Waals surface area contributed by atoms with Gasteiger partial charge in [0, 0.05) is 22.3 Å². The summed E-state index contributed by atoms with van der Waals surface area (Å²) in [5, 5.41) is 13.3. The third-order valence-corrected chi connectivity index (χ3v) is 16.2. The van der Waals surface area contributed by atoms with Gasteiger partial charge in [0.25, 0.3) is 0 Å². The third-order valence-electron chi connectivity index (χ3n) is 15.8. The molecule has 0 radical (unpaired) electrons. The first-order chi connectivity index (χ1) is 25.0. The van der Waals surface area contributed by atoms with Crippen molar-refractivity contribution >= 4 is 35.2 Å². The molecule has 9 atom stereocenters. The van der Waals surface area contributed by atoms with Crippen LogP contribution in [-0.4, -0.2) is 34.8 Å². The van der Waals surface area contributed by atoms with Crippen LogP contribution in [0.15, 0.2) is 47.6 Å². The predicted octanol–water partition coefficient (Wildman–Crippen LogP) is 10.5. The van der Waals surface area contributed by atoms with E-state index in [1.165, 1.54) is 5.57 Å². The van der Waals surface area contributed by atoms with E-state index >= 15 is 0 Å². The van der Waals surface area contributed by atoms with Gasteiger partial charge in [0.15, 0.2) is 5.78 Å². The van der Waals surface area contributed by atoms with E-state index in [0.717, 1.165) is 62.5 Å². The highest BCUT2D eigenvalue weighted by Gasteiger charge is 2.69. The fourth-order valence-electron chi connectivity index (χ4n) is 13.4. The number of carbonyl (C=O) groups is 4. The van der Waals surface area contributed by atoms with Crippen molar-refractivity contribution in [2.24, 2.45) is 56.2 Å². The van der Waals surface area contributed by atoms with Crippen LogP contribution in [-0.2, 0) is 23.9 Å². The molecule has 54 heavy (non-hydrogen) atoms. The molecule has 7 nitrogen and oxygen atoms in total. The zero-order valence-corrected chi connectivity index (χ0v) is 35.1. The number of rotatable bonds is 9. The normalized spacial score (nSPS) is 36.6. The van der Waals surface area contributed by atoms with Gasteiger partial charge in [-0.25, -0.2) is 0 Å². The Morgan fingerprint density at radius 1 is 0.926 bits per heavy atom. The van der Waals surface area contributed by atoms with Crippen molar-refractivity contribution < 1.29 is 29.0 Å². The van der Waals surface area contributed by atoms with Crippen molar-refractivity contribution in [3.63, 3.8) is 0 Å². The number of hydrogen-bond donors (Lipinski definition) is 2. The van der Waals surface area contributed by atoms with E-state index in [1.54, 1.807) is 19.9 Å². The second kappa shape index (κ2) is 13.9. The summed E-state index contributed by atoms with van der Waals surface area (Å²) >= 11 is 6.44. The number of carboxylic acid groups (broad SMARTS) is 1. The molecule has 5 aliphatic rings. The minimum atomic E-state index is -1.17. The van der Waals surface area contributed by atoms with E-state index < -0.39 is 22.8 Å². The Labute approximate surface area is 328 Å². The Balaban J connectivity index is 1.27. The molecule has 5 aliphatic carbocycles. The Kier molecular flexibility index (Phi) is 10.5. The van der Waals surface area contributed by atoms with Crippen molar-refractivity contribution in [1.29, 1.82) is 0 Å². The van der Waals surface area contributed by atoms with E-state index in [-0.39, 0.29) is 57.8 Å². The van der Waals surface area contributed by atoms with Crippen LogP contribution in [0, 0.1) is 56.2 Å². The van der Waals surface area contributed by atoms with Crippen LogP contribution in [0.1, 0.15) is 145 Å². The van der Waals surface area contributed by atoms with Gasteiger partial charge in [-0.3, -0.25) is 19.2 Å². The topological polar surface area (TPSA) is 110 Å². The highest BCUT2D eigenvalue weighted by atomic mass is 35.5. The number of nitrogens with one attached hydrogen (secondary N) is 1. The standard InChI is InChI=1S/C46H64ClNO6/c1-27(2)38-31(49)25-46(24-19-36(50)48-28(3)29-13-11-12-14-30(29)47)23-17-34-44(9)20-15-32-42(6,7)35(54-37(51)26-41(4,5)40(52)53)18-22-43(32,8)33(44)16-21-45(34,10)39(38)46/h11-14,19,24,27-28,32-35H,15-18,20-23,25-26H2,1-10H3,(H,48,50)(H,52,53)/b24-19+/t28-,32+,33-,34+,35+,43+,44-,45+,46-/m1/s1. The highest BCUT2D eigenvalue weighted by Crippen LogP contribution is 2.76. The van der Waals surface area contributed by atoms with E-state index in [0.29, 0.717) is 29.2 Å². The number of esters is 1. The van der Waals surface area contributed by atoms with Crippen LogP contribution in [0.4, 0.5) is 0 Å².